The molecule has 8 heteroatoms. The van der Waals surface area contributed by atoms with Crippen LogP contribution in [0.5, 0.6) is 0 Å². The predicted molar refractivity (Wildman–Crippen MR) is 112 cm³/mol. The van der Waals surface area contributed by atoms with Crippen molar-refractivity contribution in [3.05, 3.63) is 22.8 Å². The number of thioether (sulfide) groups is 1. The van der Waals surface area contributed by atoms with E-state index in [1.54, 1.807) is 6.92 Å². The number of carbonyl (C=O) groups is 2. The van der Waals surface area contributed by atoms with Crippen LogP contribution in [0.2, 0.25) is 0 Å². The summed E-state index contributed by atoms with van der Waals surface area (Å²) in [4.78, 5) is 23.2. The van der Waals surface area contributed by atoms with E-state index >= 15 is 0 Å². The minimum atomic E-state index is -0.246. The predicted octanol–water partition coefficient (Wildman–Crippen LogP) is 3.98. The van der Waals surface area contributed by atoms with Crippen LogP contribution in [0.1, 0.15) is 6.92 Å². The van der Waals surface area contributed by atoms with Crippen molar-refractivity contribution in [1.29, 1.82) is 0 Å². The van der Waals surface area contributed by atoms with Crippen LogP contribution in [0.4, 0.5) is 5.69 Å². The Kier molecular flexibility index (Phi) is 9.17. The van der Waals surface area contributed by atoms with Crippen LogP contribution in [-0.4, -0.2) is 30.5 Å². The van der Waals surface area contributed by atoms with Gasteiger partial charge in [0.1, 0.15) is 0 Å². The molecule has 0 radical (unpaired) electrons. The molecule has 0 saturated carbocycles. The molecular formula is C13H14I3NO3S. The zero-order chi connectivity index (χ0) is 16.0. The van der Waals surface area contributed by atoms with Gasteiger partial charge >= 0.3 is 5.97 Å². The van der Waals surface area contributed by atoms with Gasteiger partial charge in [-0.25, -0.2) is 0 Å². The molecule has 0 bridgehead atoms. The standard InChI is InChI=1S/C13H14I3NO3S/c1-7(13(19)20-2)5-21-6-11(18)17-12-9(15)3-8(14)4-10(12)16/h3-4,7H,5-6H2,1-2H3,(H,17,18). The first kappa shape index (κ1) is 19.7. The van der Waals surface area contributed by atoms with Gasteiger partial charge in [-0.05, 0) is 79.9 Å². The Hall–Kier alpha value is 0.700. The van der Waals surface area contributed by atoms with E-state index < -0.39 is 0 Å². The molecule has 1 N–H and O–H groups in total. The number of benzene rings is 1. The molecule has 1 amide bonds. The van der Waals surface area contributed by atoms with Gasteiger partial charge < -0.3 is 10.1 Å². The van der Waals surface area contributed by atoms with Gasteiger partial charge in [-0.3, -0.25) is 9.59 Å². The molecule has 1 rings (SSSR count). The number of hydrogen-bond donors (Lipinski definition) is 1. The van der Waals surface area contributed by atoms with Gasteiger partial charge in [0.2, 0.25) is 5.91 Å². The van der Waals surface area contributed by atoms with E-state index in [4.69, 9.17) is 0 Å². The van der Waals surface area contributed by atoms with Crippen molar-refractivity contribution in [1.82, 2.24) is 0 Å². The van der Waals surface area contributed by atoms with Gasteiger partial charge in [-0.15, -0.1) is 0 Å². The number of esters is 1. The van der Waals surface area contributed by atoms with Crippen LogP contribution >= 0.6 is 79.5 Å². The molecule has 0 aliphatic heterocycles. The smallest absolute Gasteiger partial charge is 0.309 e. The molecule has 0 aromatic heterocycles. The summed E-state index contributed by atoms with van der Waals surface area (Å²) in [7, 11) is 1.37. The summed E-state index contributed by atoms with van der Waals surface area (Å²) < 4.78 is 7.83. The second-order valence-corrected chi connectivity index (χ2v) is 8.83. The highest BCUT2D eigenvalue weighted by molar-refractivity contribution is 14.1. The summed E-state index contributed by atoms with van der Waals surface area (Å²) in [5.74, 6) is 0.380. The first-order valence-corrected chi connectivity index (χ1v) is 10.3. The molecule has 0 aliphatic carbocycles. The molecule has 4 nitrogen and oxygen atoms in total. The third-order valence-corrected chi connectivity index (χ3v) is 6.00. The third-order valence-electron chi connectivity index (χ3n) is 2.48. The van der Waals surface area contributed by atoms with Gasteiger partial charge in [-0.1, -0.05) is 6.92 Å². The lowest BCUT2D eigenvalue weighted by Crippen LogP contribution is -2.19. The van der Waals surface area contributed by atoms with Crippen molar-refractivity contribution in [3.63, 3.8) is 0 Å². The van der Waals surface area contributed by atoms with E-state index in [-0.39, 0.29) is 17.8 Å². The van der Waals surface area contributed by atoms with E-state index in [1.165, 1.54) is 18.9 Å². The van der Waals surface area contributed by atoms with Crippen LogP contribution in [0.15, 0.2) is 12.1 Å². The molecule has 0 heterocycles. The molecule has 21 heavy (non-hydrogen) atoms. The molecular weight excluding hydrogens is 631 g/mol. The summed E-state index contributed by atoms with van der Waals surface area (Å²) in [5, 5.41) is 2.93. The van der Waals surface area contributed by atoms with E-state index in [0.29, 0.717) is 11.5 Å². The maximum absolute atomic E-state index is 12.0. The van der Waals surface area contributed by atoms with E-state index in [9.17, 15) is 9.59 Å². The maximum Gasteiger partial charge on any atom is 0.309 e. The zero-order valence-corrected chi connectivity index (χ0v) is 18.7. The summed E-state index contributed by atoms with van der Waals surface area (Å²) >= 11 is 8.11. The second-order valence-electron chi connectivity index (χ2n) is 4.23. The number of methoxy groups -OCH3 is 1. The molecule has 1 atom stereocenters. The number of halogens is 3. The average Bonchev–Trinajstić information content (AvgIpc) is 2.41. The van der Waals surface area contributed by atoms with Gasteiger partial charge in [0.15, 0.2) is 0 Å². The lowest BCUT2D eigenvalue weighted by atomic mass is 10.2. The first-order valence-electron chi connectivity index (χ1n) is 5.95. The van der Waals surface area contributed by atoms with Crippen LogP contribution in [0, 0.1) is 16.6 Å². The number of anilines is 1. The fourth-order valence-corrected chi connectivity index (χ4v) is 6.15. The highest BCUT2D eigenvalue weighted by Gasteiger charge is 2.15. The SMILES string of the molecule is COC(=O)C(C)CSCC(=O)Nc1c(I)cc(I)cc1I. The van der Waals surface area contributed by atoms with E-state index in [1.807, 2.05) is 12.1 Å². The quantitative estimate of drug-likeness (QED) is 0.376. The Labute approximate surface area is 169 Å². The molecule has 0 saturated heterocycles. The highest BCUT2D eigenvalue weighted by Crippen LogP contribution is 2.27. The summed E-state index contributed by atoms with van der Waals surface area (Å²) in [6.07, 6.45) is 0. The largest absolute Gasteiger partial charge is 0.469 e. The fourth-order valence-electron chi connectivity index (χ4n) is 1.43. The second kappa shape index (κ2) is 9.75. The van der Waals surface area contributed by atoms with Gasteiger partial charge in [-0.2, -0.15) is 11.8 Å². The topological polar surface area (TPSA) is 55.4 Å². The number of carbonyl (C=O) groups excluding carboxylic acids is 2. The lowest BCUT2D eigenvalue weighted by Gasteiger charge is -2.11. The highest BCUT2D eigenvalue weighted by atomic mass is 127. The molecule has 1 aromatic carbocycles. The average molecular weight is 645 g/mol. The molecule has 1 unspecified atom stereocenters. The van der Waals surface area contributed by atoms with Crippen molar-refractivity contribution < 1.29 is 14.3 Å². The number of nitrogens with one attached hydrogen (secondary N) is 1. The summed E-state index contributed by atoms with van der Waals surface area (Å²) in [6.45, 7) is 1.79. The first-order chi connectivity index (χ1) is 9.85. The Bertz CT molecular complexity index is 516. The van der Waals surface area contributed by atoms with Crippen LogP contribution < -0.4 is 5.32 Å². The van der Waals surface area contributed by atoms with E-state index in [0.717, 1.165) is 16.4 Å². The van der Waals surface area contributed by atoms with Crippen LogP contribution in [0.25, 0.3) is 0 Å². The van der Waals surface area contributed by atoms with E-state index in [2.05, 4.69) is 77.8 Å². The molecule has 0 fully saturated rings. The Balaban J connectivity index is 2.50. The Morgan fingerprint density at radius 2 is 1.86 bits per heavy atom. The molecule has 0 spiro atoms. The number of amides is 1. The van der Waals surface area contributed by atoms with Crippen molar-refractivity contribution in [2.75, 3.05) is 23.9 Å². The summed E-state index contributed by atoms with van der Waals surface area (Å²) in [5.41, 5.74) is 0.850. The molecule has 116 valence electrons. The monoisotopic (exact) mass is 645 g/mol. The van der Waals surface area contributed by atoms with Crippen LogP contribution in [0.3, 0.4) is 0 Å². The maximum atomic E-state index is 12.0. The normalized spacial score (nSPS) is 11.9. The van der Waals surface area contributed by atoms with Gasteiger partial charge in [0, 0.05) is 16.5 Å². The summed E-state index contributed by atoms with van der Waals surface area (Å²) in [6, 6.07) is 4.04. The molecule has 1 aromatic rings. The van der Waals surface area contributed by atoms with Crippen molar-refractivity contribution in [2.45, 2.75) is 6.92 Å². The van der Waals surface area contributed by atoms with Gasteiger partial charge in [0.25, 0.3) is 0 Å². The number of ether oxygens (including phenoxy) is 1. The lowest BCUT2D eigenvalue weighted by molar-refractivity contribution is -0.144. The van der Waals surface area contributed by atoms with Crippen molar-refractivity contribution >= 4 is 97.1 Å². The molecule has 0 aliphatic rings. The number of hydrogen-bond acceptors (Lipinski definition) is 4. The van der Waals surface area contributed by atoms with Gasteiger partial charge in [0.05, 0.1) is 24.5 Å². The van der Waals surface area contributed by atoms with Crippen molar-refractivity contribution in [2.24, 2.45) is 5.92 Å². The third kappa shape index (κ3) is 6.77. The fraction of sp³-hybridized carbons (Fsp3) is 0.385. The van der Waals surface area contributed by atoms with Crippen molar-refractivity contribution in [3.8, 4) is 0 Å². The minimum Gasteiger partial charge on any atom is -0.469 e. The zero-order valence-electron chi connectivity index (χ0n) is 11.4. The Morgan fingerprint density at radius 3 is 2.38 bits per heavy atom. The minimum absolute atomic E-state index is 0.0610. The Morgan fingerprint density at radius 1 is 1.29 bits per heavy atom. The van der Waals surface area contributed by atoms with Crippen LogP contribution in [-0.2, 0) is 14.3 Å². The number of rotatable bonds is 6.